The SMILES string of the molecule is CCCOc1ccc(-c2nc(C#N)c(Sc3ccccc3)o2)cc1. The summed E-state index contributed by atoms with van der Waals surface area (Å²) < 4.78 is 11.4. The number of nitrogens with zero attached hydrogens (tertiary/aromatic N) is 2. The summed E-state index contributed by atoms with van der Waals surface area (Å²) in [6.07, 6.45) is 0.965. The van der Waals surface area contributed by atoms with Gasteiger partial charge in [-0.05, 0) is 54.6 Å². The molecular formula is C19H16N2O2S. The highest BCUT2D eigenvalue weighted by molar-refractivity contribution is 7.99. The minimum atomic E-state index is 0.296. The average Bonchev–Trinajstić information content (AvgIpc) is 3.04. The zero-order valence-electron chi connectivity index (χ0n) is 13.2. The largest absolute Gasteiger partial charge is 0.494 e. The first-order valence-electron chi connectivity index (χ1n) is 7.67. The van der Waals surface area contributed by atoms with Crippen molar-refractivity contribution in [3.63, 3.8) is 0 Å². The van der Waals surface area contributed by atoms with Crippen LogP contribution >= 0.6 is 11.8 Å². The van der Waals surface area contributed by atoms with Crippen molar-refractivity contribution in [3.8, 4) is 23.3 Å². The van der Waals surface area contributed by atoms with E-state index in [2.05, 4.69) is 18.0 Å². The predicted octanol–water partition coefficient (Wildman–Crippen LogP) is 5.15. The molecule has 0 radical (unpaired) electrons. The van der Waals surface area contributed by atoms with E-state index >= 15 is 0 Å². The third-order valence-corrected chi connectivity index (χ3v) is 4.20. The number of hydrogen-bond acceptors (Lipinski definition) is 5. The Hall–Kier alpha value is -2.71. The summed E-state index contributed by atoms with van der Waals surface area (Å²) in [5.41, 5.74) is 1.11. The molecule has 3 aromatic rings. The molecule has 0 saturated carbocycles. The monoisotopic (exact) mass is 336 g/mol. The van der Waals surface area contributed by atoms with Gasteiger partial charge < -0.3 is 9.15 Å². The lowest BCUT2D eigenvalue weighted by Crippen LogP contribution is -1.94. The maximum Gasteiger partial charge on any atom is 0.228 e. The van der Waals surface area contributed by atoms with Crippen molar-refractivity contribution >= 4 is 11.8 Å². The van der Waals surface area contributed by atoms with E-state index in [0.717, 1.165) is 22.6 Å². The molecule has 2 aromatic carbocycles. The average molecular weight is 336 g/mol. The topological polar surface area (TPSA) is 59.0 Å². The van der Waals surface area contributed by atoms with Crippen LogP contribution in [-0.2, 0) is 0 Å². The van der Waals surface area contributed by atoms with Gasteiger partial charge in [-0.15, -0.1) is 0 Å². The van der Waals surface area contributed by atoms with Crippen molar-refractivity contribution in [1.29, 1.82) is 5.26 Å². The minimum absolute atomic E-state index is 0.296. The number of ether oxygens (including phenoxy) is 1. The Morgan fingerprint density at radius 1 is 1.12 bits per heavy atom. The molecule has 0 amide bonds. The van der Waals surface area contributed by atoms with E-state index in [-0.39, 0.29) is 0 Å². The van der Waals surface area contributed by atoms with Crippen LogP contribution in [0.2, 0.25) is 0 Å². The lowest BCUT2D eigenvalue weighted by molar-refractivity contribution is 0.317. The highest BCUT2D eigenvalue weighted by Gasteiger charge is 2.15. The lowest BCUT2D eigenvalue weighted by Gasteiger charge is -2.04. The van der Waals surface area contributed by atoms with Gasteiger partial charge in [-0.1, -0.05) is 25.1 Å². The van der Waals surface area contributed by atoms with E-state index in [1.54, 1.807) is 0 Å². The van der Waals surface area contributed by atoms with Crippen molar-refractivity contribution < 1.29 is 9.15 Å². The van der Waals surface area contributed by atoms with Crippen LogP contribution < -0.4 is 4.74 Å². The highest BCUT2D eigenvalue weighted by atomic mass is 32.2. The number of nitriles is 1. The zero-order valence-corrected chi connectivity index (χ0v) is 14.0. The van der Waals surface area contributed by atoms with Crippen LogP contribution in [0.15, 0.2) is 69.0 Å². The van der Waals surface area contributed by atoms with Gasteiger partial charge in [-0.3, -0.25) is 0 Å². The maximum atomic E-state index is 9.29. The molecule has 0 spiro atoms. The molecule has 0 atom stereocenters. The molecule has 120 valence electrons. The number of rotatable bonds is 6. The molecule has 0 unspecified atom stereocenters. The Bertz CT molecular complexity index is 836. The maximum absolute atomic E-state index is 9.29. The van der Waals surface area contributed by atoms with Crippen LogP contribution in [0.1, 0.15) is 19.0 Å². The van der Waals surface area contributed by atoms with Gasteiger partial charge in [-0.25, -0.2) is 0 Å². The number of hydrogen-bond donors (Lipinski definition) is 0. The van der Waals surface area contributed by atoms with Gasteiger partial charge in [0.05, 0.1) is 6.61 Å². The zero-order chi connectivity index (χ0) is 16.8. The summed E-state index contributed by atoms with van der Waals surface area (Å²) in [6, 6.07) is 19.4. The van der Waals surface area contributed by atoms with Gasteiger partial charge in [0.2, 0.25) is 11.0 Å². The quantitative estimate of drug-likeness (QED) is 0.623. The van der Waals surface area contributed by atoms with E-state index in [4.69, 9.17) is 9.15 Å². The van der Waals surface area contributed by atoms with Crippen molar-refractivity contribution in [1.82, 2.24) is 4.98 Å². The third-order valence-electron chi connectivity index (χ3n) is 3.23. The fourth-order valence-corrected chi connectivity index (χ4v) is 2.89. The molecule has 0 saturated heterocycles. The highest BCUT2D eigenvalue weighted by Crippen LogP contribution is 2.34. The molecule has 0 aliphatic carbocycles. The molecule has 0 aliphatic heterocycles. The van der Waals surface area contributed by atoms with E-state index in [9.17, 15) is 5.26 Å². The second kappa shape index (κ2) is 7.71. The summed E-state index contributed by atoms with van der Waals surface area (Å²) >= 11 is 1.39. The summed E-state index contributed by atoms with van der Waals surface area (Å²) in [6.45, 7) is 2.76. The van der Waals surface area contributed by atoms with Gasteiger partial charge in [0.25, 0.3) is 0 Å². The molecule has 24 heavy (non-hydrogen) atoms. The van der Waals surface area contributed by atoms with Gasteiger partial charge >= 0.3 is 0 Å². The van der Waals surface area contributed by atoms with Crippen molar-refractivity contribution in [2.45, 2.75) is 23.3 Å². The van der Waals surface area contributed by atoms with Crippen LogP contribution in [0.3, 0.4) is 0 Å². The Morgan fingerprint density at radius 3 is 2.54 bits per heavy atom. The number of aromatic nitrogens is 1. The molecule has 0 N–H and O–H groups in total. The normalized spacial score (nSPS) is 10.3. The molecule has 3 rings (SSSR count). The minimum Gasteiger partial charge on any atom is -0.494 e. The molecule has 0 aliphatic rings. The molecule has 0 fully saturated rings. The van der Waals surface area contributed by atoms with E-state index in [1.807, 2.05) is 54.6 Å². The van der Waals surface area contributed by atoms with Crippen molar-refractivity contribution in [2.24, 2.45) is 0 Å². The fraction of sp³-hybridized carbons (Fsp3) is 0.158. The molecule has 1 heterocycles. The van der Waals surface area contributed by atoms with Crippen molar-refractivity contribution in [3.05, 3.63) is 60.3 Å². The molecule has 0 bridgehead atoms. The van der Waals surface area contributed by atoms with Gasteiger partial charge in [0, 0.05) is 10.5 Å². The Kier molecular flexibility index (Phi) is 5.19. The second-order valence-corrected chi connectivity index (χ2v) is 6.10. The Morgan fingerprint density at radius 2 is 1.88 bits per heavy atom. The van der Waals surface area contributed by atoms with Crippen molar-refractivity contribution in [2.75, 3.05) is 6.61 Å². The van der Waals surface area contributed by atoms with E-state index in [0.29, 0.717) is 23.3 Å². The van der Waals surface area contributed by atoms with Crippen LogP contribution in [0.4, 0.5) is 0 Å². The van der Waals surface area contributed by atoms with E-state index < -0.39 is 0 Å². The van der Waals surface area contributed by atoms with Crippen LogP contribution in [0.5, 0.6) is 5.75 Å². The van der Waals surface area contributed by atoms with Crippen LogP contribution in [0, 0.1) is 11.3 Å². The summed E-state index contributed by atoms with van der Waals surface area (Å²) in [5, 5.41) is 9.80. The van der Waals surface area contributed by atoms with Crippen LogP contribution in [0.25, 0.3) is 11.5 Å². The second-order valence-electron chi connectivity index (χ2n) is 5.05. The van der Waals surface area contributed by atoms with E-state index in [1.165, 1.54) is 11.8 Å². The van der Waals surface area contributed by atoms with Gasteiger partial charge in [0.1, 0.15) is 11.8 Å². The van der Waals surface area contributed by atoms with Gasteiger partial charge in [0.15, 0.2) is 5.69 Å². The predicted molar refractivity (Wildman–Crippen MR) is 93.0 cm³/mol. The lowest BCUT2D eigenvalue weighted by atomic mass is 10.2. The Labute approximate surface area is 145 Å². The molecule has 4 nitrogen and oxygen atoms in total. The summed E-state index contributed by atoms with van der Waals surface area (Å²) in [4.78, 5) is 5.30. The van der Waals surface area contributed by atoms with Crippen LogP contribution in [-0.4, -0.2) is 11.6 Å². The smallest absolute Gasteiger partial charge is 0.228 e. The summed E-state index contributed by atoms with van der Waals surface area (Å²) in [5.74, 6) is 1.25. The first-order valence-corrected chi connectivity index (χ1v) is 8.49. The number of oxazole rings is 1. The Balaban J connectivity index is 1.83. The molecule has 1 aromatic heterocycles. The standard InChI is InChI=1S/C19H16N2O2S/c1-2-12-22-15-10-8-14(9-11-15)18-21-17(13-20)19(23-18)24-16-6-4-3-5-7-16/h3-11H,2,12H2,1H3. The first-order chi connectivity index (χ1) is 11.8. The van der Waals surface area contributed by atoms with Gasteiger partial charge in [-0.2, -0.15) is 10.2 Å². The fourth-order valence-electron chi connectivity index (χ4n) is 2.08. The number of benzene rings is 2. The first kappa shape index (κ1) is 16.2. The molecular weight excluding hydrogens is 320 g/mol. The third kappa shape index (κ3) is 3.79. The summed E-state index contributed by atoms with van der Waals surface area (Å²) in [7, 11) is 0. The molecule has 5 heteroatoms.